The van der Waals surface area contributed by atoms with E-state index in [4.69, 9.17) is 21.2 Å². The van der Waals surface area contributed by atoms with Crippen LogP contribution in [0, 0.1) is 6.57 Å². The van der Waals surface area contributed by atoms with Crippen LogP contribution in [0.3, 0.4) is 0 Å². The van der Waals surface area contributed by atoms with Crippen molar-refractivity contribution in [2.24, 2.45) is 0 Å². The zero-order chi connectivity index (χ0) is 25.6. The van der Waals surface area contributed by atoms with Crippen molar-refractivity contribution in [3.05, 3.63) is 81.8 Å². The van der Waals surface area contributed by atoms with Gasteiger partial charge in [-0.2, -0.15) is 22.4 Å². The molecule has 0 radical (unpaired) electrons. The largest absolute Gasteiger partial charge is 0.509 e. The van der Waals surface area contributed by atoms with Gasteiger partial charge in [0, 0.05) is 23.8 Å². The number of aliphatic hydroxyl groups is 1. The van der Waals surface area contributed by atoms with Gasteiger partial charge in [0.2, 0.25) is 5.83 Å². The lowest BCUT2D eigenvalue weighted by molar-refractivity contribution is -0.107. The fourth-order valence-electron chi connectivity index (χ4n) is 2.56. The summed E-state index contributed by atoms with van der Waals surface area (Å²) in [5.74, 6) is -1.97. The van der Waals surface area contributed by atoms with E-state index < -0.39 is 35.2 Å². The van der Waals surface area contributed by atoms with Gasteiger partial charge in [-0.25, -0.2) is 9.78 Å². The number of carbonyl (C=O) groups excluding carboxylic acids is 1. The Bertz CT molecular complexity index is 1140. The van der Waals surface area contributed by atoms with Gasteiger partial charge in [0.15, 0.2) is 5.75 Å². The molecule has 2 amide bonds. The summed E-state index contributed by atoms with van der Waals surface area (Å²) < 4.78 is 65.0. The normalized spacial score (nSPS) is 15.4. The Morgan fingerprint density at radius 3 is 2.65 bits per heavy atom. The monoisotopic (exact) mass is 545 g/mol. The Morgan fingerprint density at radius 2 is 2.06 bits per heavy atom. The first kappa shape index (κ1) is 26.5. The molecule has 2 rings (SSSR count). The minimum absolute atomic E-state index is 0.0390. The number of hydrogen-bond donors (Lipinski definition) is 1. The Morgan fingerprint density at radius 1 is 1.38 bits per heavy atom. The molecule has 13 heteroatoms. The van der Waals surface area contributed by atoms with Gasteiger partial charge in [0.1, 0.15) is 36.9 Å². The highest BCUT2D eigenvalue weighted by Crippen LogP contribution is 2.35. The van der Waals surface area contributed by atoms with Crippen molar-refractivity contribution in [3.63, 3.8) is 0 Å². The van der Waals surface area contributed by atoms with Crippen LogP contribution in [0.25, 0.3) is 4.85 Å². The maximum Gasteiger partial charge on any atom is 0.431 e. The standard InChI is InChI=1S/C21H17BrF4N4O4/c1-12-8-17(21(24,25)26)29(4)20(32)30(12)18(27-3)15(23)9-14(22)11-33-16-6-5-7-28-19(16)34-10-13(2)31/h3,5-9H,1-2,10-11H2,4H3/p+1/b14-9+,18-15-. The van der Waals surface area contributed by atoms with E-state index in [0.29, 0.717) is 11.0 Å². The number of amides is 2. The van der Waals surface area contributed by atoms with E-state index in [1.54, 1.807) is 6.07 Å². The summed E-state index contributed by atoms with van der Waals surface area (Å²) in [6.07, 6.45) is -1.99. The van der Waals surface area contributed by atoms with Crippen LogP contribution in [0.4, 0.5) is 22.4 Å². The fourth-order valence-corrected chi connectivity index (χ4v) is 2.87. The molecule has 0 unspecified atom stereocenters. The van der Waals surface area contributed by atoms with Gasteiger partial charge in [-0.15, -0.1) is 4.90 Å². The van der Waals surface area contributed by atoms with Crippen molar-refractivity contribution in [3.8, 4) is 18.2 Å². The summed E-state index contributed by atoms with van der Waals surface area (Å²) in [7, 11) is 0.867. The molecule has 0 bridgehead atoms. The van der Waals surface area contributed by atoms with Crippen molar-refractivity contribution in [1.82, 2.24) is 14.8 Å². The fraction of sp³-hybridized carbons (Fsp3) is 0.190. The van der Waals surface area contributed by atoms with Gasteiger partial charge in [0.25, 0.3) is 5.88 Å². The highest BCUT2D eigenvalue weighted by molar-refractivity contribution is 9.11. The summed E-state index contributed by atoms with van der Waals surface area (Å²) in [4.78, 5) is 20.4. The zero-order valence-electron chi connectivity index (χ0n) is 17.6. The van der Waals surface area contributed by atoms with Gasteiger partial charge in [-0.3, -0.25) is 4.90 Å². The molecule has 0 aromatic carbocycles. The maximum absolute atomic E-state index is 14.9. The molecule has 1 aromatic rings. The number of nitrogens with zero attached hydrogens (tertiary/aromatic N) is 4. The second-order valence-electron chi connectivity index (χ2n) is 6.54. The number of hydrogen-bond acceptors (Lipinski definition) is 5. The zero-order valence-corrected chi connectivity index (χ0v) is 19.2. The Balaban J connectivity index is 2.25. The lowest BCUT2D eigenvalue weighted by Crippen LogP contribution is -2.45. The predicted molar refractivity (Wildman–Crippen MR) is 119 cm³/mol. The average Bonchev–Trinajstić information content (AvgIpc) is 2.75. The molecule has 2 heterocycles. The molecule has 0 saturated heterocycles. The second kappa shape index (κ2) is 10.9. The number of aromatic nitrogens is 1. The van der Waals surface area contributed by atoms with Gasteiger partial charge in [-0.05, 0) is 18.2 Å². The Kier molecular flexibility index (Phi) is 8.47. The minimum Gasteiger partial charge on any atom is -0.509 e. The van der Waals surface area contributed by atoms with Crippen molar-refractivity contribution >= 4 is 22.0 Å². The number of aliphatic hydroxyl groups excluding tert-OH is 1. The number of halogens is 5. The molecule has 0 saturated carbocycles. The van der Waals surface area contributed by atoms with Crippen LogP contribution in [0.2, 0.25) is 0 Å². The summed E-state index contributed by atoms with van der Waals surface area (Å²) >= 11 is 3.09. The molecule has 1 aliphatic rings. The van der Waals surface area contributed by atoms with Crippen molar-refractivity contribution in [2.45, 2.75) is 6.18 Å². The summed E-state index contributed by atoms with van der Waals surface area (Å²) in [6.45, 7) is 11.4. The molecule has 1 aliphatic heterocycles. The quantitative estimate of drug-likeness (QED) is 0.260. The Hall–Kier alpha value is -3.79. The van der Waals surface area contributed by atoms with Crippen molar-refractivity contribution in [1.29, 1.82) is 0 Å². The number of urea groups is 1. The third kappa shape index (κ3) is 6.38. The topological polar surface area (TPSA) is 79.5 Å². The maximum atomic E-state index is 14.9. The number of pyridine rings is 1. The van der Waals surface area contributed by atoms with E-state index in [9.17, 15) is 22.4 Å². The van der Waals surface area contributed by atoms with Gasteiger partial charge >= 0.3 is 18.0 Å². The van der Waals surface area contributed by atoms with Crippen molar-refractivity contribution < 1.29 is 36.9 Å². The average molecular weight is 546 g/mol. The van der Waals surface area contributed by atoms with Crippen LogP contribution >= 0.6 is 15.9 Å². The van der Waals surface area contributed by atoms with Crippen LogP contribution in [0.15, 0.2) is 76.9 Å². The molecule has 1 aromatic heterocycles. The highest BCUT2D eigenvalue weighted by atomic mass is 79.9. The predicted octanol–water partition coefficient (Wildman–Crippen LogP) is 5.62. The first-order chi connectivity index (χ1) is 15.9. The highest BCUT2D eigenvalue weighted by Gasteiger charge is 2.48. The third-order valence-corrected chi connectivity index (χ3v) is 4.49. The van der Waals surface area contributed by atoms with Crippen molar-refractivity contribution in [2.75, 3.05) is 20.3 Å². The molecule has 180 valence electrons. The molecule has 34 heavy (non-hydrogen) atoms. The summed E-state index contributed by atoms with van der Waals surface area (Å²) in [5.41, 5.74) is -1.77. The molecule has 0 spiro atoms. The second-order valence-corrected chi connectivity index (χ2v) is 7.56. The molecule has 0 fully saturated rings. The van der Waals surface area contributed by atoms with Crippen LogP contribution in [-0.4, -0.2) is 52.4 Å². The summed E-state index contributed by atoms with van der Waals surface area (Å²) in [5, 5.41) is 9.15. The summed E-state index contributed by atoms with van der Waals surface area (Å²) in [6, 6.07) is 1.79. The lowest BCUT2D eigenvalue weighted by Gasteiger charge is -2.28. The van der Waals surface area contributed by atoms with Crippen LogP contribution in [-0.2, 0) is 0 Å². The number of rotatable bonds is 8. The molecule has 0 aliphatic carbocycles. The lowest BCUT2D eigenvalue weighted by atomic mass is 10.2. The number of carbonyl (C=O) groups is 1. The van der Waals surface area contributed by atoms with E-state index in [1.807, 2.05) is 0 Å². The number of alkyl halides is 3. The third-order valence-electron chi connectivity index (χ3n) is 4.03. The molecule has 1 N–H and O–H groups in total. The van der Waals surface area contributed by atoms with Gasteiger partial charge in [-0.1, -0.05) is 29.1 Å². The van der Waals surface area contributed by atoms with E-state index in [-0.39, 0.29) is 40.0 Å². The van der Waals surface area contributed by atoms with E-state index in [0.717, 1.165) is 13.1 Å². The molecule has 0 atom stereocenters. The molecular weight excluding hydrogens is 528 g/mol. The van der Waals surface area contributed by atoms with Gasteiger partial charge < -0.3 is 14.6 Å². The first-order valence-electron chi connectivity index (χ1n) is 9.16. The molecule has 8 nitrogen and oxygen atoms in total. The minimum atomic E-state index is -4.83. The van der Waals surface area contributed by atoms with E-state index in [1.165, 1.54) is 12.3 Å². The molecular formula is C21H18BrF4N4O4+. The van der Waals surface area contributed by atoms with Crippen LogP contribution in [0.1, 0.15) is 0 Å². The number of ether oxygens (including phenoxy) is 2. The van der Waals surface area contributed by atoms with Gasteiger partial charge in [0.05, 0.1) is 0 Å². The Labute approximate surface area is 200 Å². The van der Waals surface area contributed by atoms with Crippen LogP contribution in [0.5, 0.6) is 11.6 Å². The van der Waals surface area contributed by atoms with E-state index >= 15 is 0 Å². The van der Waals surface area contributed by atoms with Crippen LogP contribution < -0.4 is 9.47 Å². The van der Waals surface area contributed by atoms with E-state index in [2.05, 4.69) is 38.9 Å². The SMILES string of the molecule is C#[N+]/C(=C(F)\C=C(\Br)COc1cccnc1OCC(=C)O)N1C(=C)C=C(C(F)(F)F)N(C)C1=O. The smallest absolute Gasteiger partial charge is 0.431 e. The number of allylic oxidation sites excluding steroid dienone is 4. The first-order valence-corrected chi connectivity index (χ1v) is 9.95.